The van der Waals surface area contributed by atoms with Crippen LogP contribution in [0.2, 0.25) is 0 Å². The van der Waals surface area contributed by atoms with E-state index < -0.39 is 35.3 Å². The number of halogens is 3. The number of hydrogen-bond acceptors (Lipinski definition) is 4. The number of carbonyl (C=O) groups excluding carboxylic acids is 2. The van der Waals surface area contributed by atoms with Gasteiger partial charge in [0.25, 0.3) is 0 Å². The molecule has 3 aliphatic heterocycles. The Bertz CT molecular complexity index is 1080. The highest BCUT2D eigenvalue weighted by Gasteiger charge is 2.66. The van der Waals surface area contributed by atoms with E-state index in [-0.39, 0.29) is 24.9 Å². The lowest BCUT2D eigenvalue weighted by Gasteiger charge is -2.30. The van der Waals surface area contributed by atoms with E-state index in [1.54, 1.807) is 36.2 Å². The van der Waals surface area contributed by atoms with Crippen LogP contribution in [0.4, 0.5) is 13.2 Å². The Morgan fingerprint density at radius 2 is 2.06 bits per heavy atom. The highest BCUT2D eigenvalue weighted by atomic mass is 19.4. The van der Waals surface area contributed by atoms with Crippen molar-refractivity contribution in [1.29, 1.82) is 0 Å². The summed E-state index contributed by atoms with van der Waals surface area (Å²) in [4.78, 5) is 29.6. The van der Waals surface area contributed by atoms with Crippen molar-refractivity contribution in [2.45, 2.75) is 31.0 Å². The number of likely N-dealkylation sites (N-methyl/N-ethyl adjacent to an activating group) is 1. The fraction of sp³-hybridized carbons (Fsp3) is 0.391. The molecule has 1 aromatic carbocycles. The monoisotopic (exact) mass is 446 g/mol. The molecule has 9 heteroatoms. The Balaban J connectivity index is 1.46. The summed E-state index contributed by atoms with van der Waals surface area (Å²) in [5.41, 5.74) is -1.26. The van der Waals surface area contributed by atoms with E-state index in [1.807, 2.05) is 6.08 Å². The molecule has 2 aromatic rings. The molecule has 1 aromatic heterocycles. The van der Waals surface area contributed by atoms with E-state index in [2.05, 4.69) is 0 Å². The number of hydrogen-bond donors (Lipinski definition) is 0. The smallest absolute Gasteiger partial charge is 0.416 e. The quantitative estimate of drug-likeness (QED) is 0.662. The third-order valence-corrected chi connectivity index (χ3v) is 6.44. The van der Waals surface area contributed by atoms with Crippen LogP contribution in [0.5, 0.6) is 0 Å². The number of fused-ring (bicyclic) bond motifs is 1. The first-order valence-corrected chi connectivity index (χ1v) is 10.3. The fourth-order valence-electron chi connectivity index (χ4n) is 5.05. The minimum atomic E-state index is -4.48. The van der Waals surface area contributed by atoms with Crippen LogP contribution in [0, 0.1) is 11.8 Å². The zero-order valence-corrected chi connectivity index (χ0v) is 17.2. The molecule has 0 saturated carbocycles. The lowest BCUT2D eigenvalue weighted by atomic mass is 9.76. The molecule has 0 radical (unpaired) electrons. The van der Waals surface area contributed by atoms with Crippen molar-refractivity contribution in [3.8, 4) is 0 Å². The van der Waals surface area contributed by atoms with Crippen molar-refractivity contribution in [3.63, 3.8) is 0 Å². The molecule has 4 heterocycles. The number of ether oxygens (including phenoxy) is 1. The summed E-state index contributed by atoms with van der Waals surface area (Å²) in [6.07, 6.45) is 0.113. The molecule has 4 unspecified atom stereocenters. The van der Waals surface area contributed by atoms with Gasteiger partial charge in [-0.25, -0.2) is 0 Å². The predicted octanol–water partition coefficient (Wildman–Crippen LogP) is 3.24. The highest BCUT2D eigenvalue weighted by molar-refractivity contribution is 5.92. The molecule has 0 N–H and O–H groups in total. The number of likely N-dealkylation sites (tertiary alicyclic amines) is 1. The maximum Gasteiger partial charge on any atom is 0.416 e. The Morgan fingerprint density at radius 3 is 2.78 bits per heavy atom. The number of carbonyl (C=O) groups is 2. The second kappa shape index (κ2) is 7.23. The summed E-state index contributed by atoms with van der Waals surface area (Å²) in [5.74, 6) is -1.39. The zero-order chi connectivity index (χ0) is 22.7. The molecule has 0 aliphatic carbocycles. The second-order valence-corrected chi connectivity index (χ2v) is 8.57. The minimum Gasteiger partial charge on any atom is -0.467 e. The molecule has 3 aliphatic rings. The largest absolute Gasteiger partial charge is 0.467 e. The molecule has 1 spiro atoms. The van der Waals surface area contributed by atoms with Crippen LogP contribution in [-0.2, 0) is 33.6 Å². The molecular weight excluding hydrogens is 425 g/mol. The molecule has 2 saturated heterocycles. The maximum absolute atomic E-state index is 13.7. The van der Waals surface area contributed by atoms with Crippen molar-refractivity contribution in [2.75, 3.05) is 13.6 Å². The van der Waals surface area contributed by atoms with Crippen molar-refractivity contribution < 1.29 is 31.9 Å². The average Bonchev–Trinajstić information content (AvgIpc) is 3.50. The Morgan fingerprint density at radius 1 is 1.25 bits per heavy atom. The predicted molar refractivity (Wildman–Crippen MR) is 106 cm³/mol. The van der Waals surface area contributed by atoms with E-state index in [0.29, 0.717) is 17.9 Å². The van der Waals surface area contributed by atoms with Crippen molar-refractivity contribution >= 4 is 11.8 Å². The number of amides is 2. The number of alkyl halides is 3. The number of furan rings is 1. The van der Waals surface area contributed by atoms with Gasteiger partial charge >= 0.3 is 6.18 Å². The van der Waals surface area contributed by atoms with Gasteiger partial charge in [-0.05, 0) is 29.8 Å². The van der Waals surface area contributed by atoms with E-state index in [9.17, 15) is 22.8 Å². The van der Waals surface area contributed by atoms with Gasteiger partial charge in [-0.2, -0.15) is 13.2 Å². The molecule has 6 nitrogen and oxygen atoms in total. The van der Waals surface area contributed by atoms with Gasteiger partial charge < -0.3 is 19.0 Å². The number of nitrogens with zero attached hydrogens (tertiary/aromatic N) is 2. The topological polar surface area (TPSA) is 63.0 Å². The Labute approximate surface area is 182 Å². The molecule has 2 amide bonds. The van der Waals surface area contributed by atoms with E-state index in [0.717, 1.165) is 12.1 Å². The van der Waals surface area contributed by atoms with Crippen LogP contribution in [0.25, 0.3) is 0 Å². The third-order valence-electron chi connectivity index (χ3n) is 6.44. The Kier molecular flexibility index (Phi) is 4.70. The van der Waals surface area contributed by atoms with Gasteiger partial charge in [-0.3, -0.25) is 9.59 Å². The summed E-state index contributed by atoms with van der Waals surface area (Å²) >= 11 is 0. The minimum absolute atomic E-state index is 0.0554. The van der Waals surface area contributed by atoms with E-state index in [4.69, 9.17) is 9.15 Å². The zero-order valence-electron chi connectivity index (χ0n) is 17.2. The molecule has 5 rings (SSSR count). The van der Waals surface area contributed by atoms with E-state index in [1.165, 1.54) is 17.2 Å². The molecule has 2 bridgehead atoms. The van der Waals surface area contributed by atoms with Gasteiger partial charge in [-0.15, -0.1) is 0 Å². The van der Waals surface area contributed by atoms with Crippen LogP contribution < -0.4 is 0 Å². The lowest BCUT2D eigenvalue weighted by Crippen LogP contribution is -2.45. The summed E-state index contributed by atoms with van der Waals surface area (Å²) in [6.45, 7) is 0.387. The number of rotatable bonds is 5. The lowest BCUT2D eigenvalue weighted by molar-refractivity contribution is -0.144. The normalized spacial score (nSPS) is 28.4. The fourth-order valence-corrected chi connectivity index (χ4v) is 5.05. The SMILES string of the molecule is CN1CC23C=CC(O2)C(C(=O)N(Cc2cccc(C(F)(F)F)c2)Cc2ccco2)C3C1=O. The summed E-state index contributed by atoms with van der Waals surface area (Å²) in [7, 11) is 1.67. The number of benzene rings is 1. The molecule has 2 fully saturated rings. The van der Waals surface area contributed by atoms with Gasteiger partial charge in [-0.1, -0.05) is 24.3 Å². The maximum atomic E-state index is 13.7. The van der Waals surface area contributed by atoms with E-state index >= 15 is 0 Å². The first-order valence-electron chi connectivity index (χ1n) is 10.3. The summed E-state index contributed by atoms with van der Waals surface area (Å²) in [6, 6.07) is 8.27. The van der Waals surface area contributed by atoms with Crippen molar-refractivity contribution in [1.82, 2.24) is 9.80 Å². The van der Waals surface area contributed by atoms with Gasteiger partial charge in [0.15, 0.2) is 0 Å². The standard InChI is InChI=1S/C23H21F3N2O4/c1-27-13-22-8-7-17(32-22)18(19(22)21(27)30)20(29)28(12-16-6-3-9-31-16)11-14-4-2-5-15(10-14)23(24,25)26/h2-10,17-19H,11-13H2,1H3. The third kappa shape index (κ3) is 3.31. The average molecular weight is 446 g/mol. The second-order valence-electron chi connectivity index (χ2n) is 8.57. The molecule has 4 atom stereocenters. The van der Waals surface area contributed by atoms with Crippen LogP contribution >= 0.6 is 0 Å². The first kappa shape index (κ1) is 20.8. The van der Waals surface area contributed by atoms with Crippen LogP contribution in [-0.4, -0.2) is 46.9 Å². The van der Waals surface area contributed by atoms with Gasteiger partial charge in [0.1, 0.15) is 11.4 Å². The summed E-state index contributed by atoms with van der Waals surface area (Å²) < 4.78 is 51.0. The van der Waals surface area contributed by atoms with Crippen molar-refractivity contribution in [3.05, 3.63) is 71.7 Å². The van der Waals surface area contributed by atoms with Crippen LogP contribution in [0.1, 0.15) is 16.9 Å². The van der Waals surface area contributed by atoms with Crippen LogP contribution in [0.3, 0.4) is 0 Å². The van der Waals surface area contributed by atoms with Gasteiger partial charge in [0, 0.05) is 13.6 Å². The summed E-state index contributed by atoms with van der Waals surface area (Å²) in [5, 5.41) is 0. The van der Waals surface area contributed by atoms with Gasteiger partial charge in [0.2, 0.25) is 11.8 Å². The van der Waals surface area contributed by atoms with Gasteiger partial charge in [0.05, 0.1) is 42.9 Å². The Hall–Kier alpha value is -3.07. The molecule has 168 valence electrons. The first-order chi connectivity index (χ1) is 15.2. The highest BCUT2D eigenvalue weighted by Crippen LogP contribution is 2.52. The molecule has 32 heavy (non-hydrogen) atoms. The van der Waals surface area contributed by atoms with Crippen molar-refractivity contribution in [2.24, 2.45) is 11.8 Å². The van der Waals surface area contributed by atoms with Crippen LogP contribution in [0.15, 0.2) is 59.2 Å². The molecular formula is C23H21F3N2O4.